The first-order chi connectivity index (χ1) is 8.63. The molecule has 0 unspecified atom stereocenters. The van der Waals surface area contributed by atoms with Crippen LogP contribution >= 0.6 is 12.2 Å². The molecule has 0 radical (unpaired) electrons. The van der Waals surface area contributed by atoms with Crippen molar-refractivity contribution in [2.24, 2.45) is 5.73 Å². The van der Waals surface area contributed by atoms with E-state index in [2.05, 4.69) is 0 Å². The van der Waals surface area contributed by atoms with Crippen LogP contribution in [0.2, 0.25) is 0 Å². The van der Waals surface area contributed by atoms with E-state index in [0.29, 0.717) is 30.2 Å². The maximum Gasteiger partial charge on any atom is 0.338 e. The molecule has 0 saturated heterocycles. The number of thiocarbonyl (C=S) groups is 1. The Bertz CT molecular complexity index is 420. The normalized spacial score (nSPS) is 10.1. The van der Waals surface area contributed by atoms with E-state index in [0.717, 1.165) is 5.56 Å². The van der Waals surface area contributed by atoms with Crippen LogP contribution in [0.1, 0.15) is 22.8 Å². The number of benzene rings is 1. The molecule has 0 aliphatic carbocycles. The van der Waals surface area contributed by atoms with Crippen molar-refractivity contribution < 1.29 is 14.3 Å². The van der Waals surface area contributed by atoms with Crippen LogP contribution in [0.25, 0.3) is 0 Å². The molecule has 0 heterocycles. The van der Waals surface area contributed by atoms with Gasteiger partial charge >= 0.3 is 5.97 Å². The van der Waals surface area contributed by atoms with E-state index in [4.69, 9.17) is 27.4 Å². The highest BCUT2D eigenvalue weighted by Gasteiger charge is 2.07. The second kappa shape index (κ2) is 7.79. The minimum Gasteiger partial charge on any atom is -0.460 e. The van der Waals surface area contributed by atoms with Crippen molar-refractivity contribution in [2.45, 2.75) is 13.3 Å². The Morgan fingerprint density at radius 3 is 2.83 bits per heavy atom. The van der Waals surface area contributed by atoms with Crippen LogP contribution in [0, 0.1) is 0 Å². The molecular weight excluding hydrogens is 250 g/mol. The molecule has 4 nitrogen and oxygen atoms in total. The molecule has 18 heavy (non-hydrogen) atoms. The van der Waals surface area contributed by atoms with Gasteiger partial charge in [0.15, 0.2) is 0 Å². The first-order valence-corrected chi connectivity index (χ1v) is 6.16. The van der Waals surface area contributed by atoms with E-state index in [1.807, 2.05) is 13.0 Å². The third kappa shape index (κ3) is 5.25. The van der Waals surface area contributed by atoms with Crippen molar-refractivity contribution in [3.05, 3.63) is 35.4 Å². The Kier molecular flexibility index (Phi) is 6.32. The van der Waals surface area contributed by atoms with Gasteiger partial charge in [0, 0.05) is 13.0 Å². The van der Waals surface area contributed by atoms with Gasteiger partial charge < -0.3 is 15.2 Å². The maximum absolute atomic E-state index is 11.7. The summed E-state index contributed by atoms with van der Waals surface area (Å²) in [7, 11) is 0. The number of carbonyl (C=O) groups excluding carboxylic acids is 1. The van der Waals surface area contributed by atoms with E-state index < -0.39 is 0 Å². The number of nitrogens with two attached hydrogens (primary N) is 1. The van der Waals surface area contributed by atoms with Crippen LogP contribution in [-0.4, -0.2) is 30.8 Å². The number of rotatable bonds is 7. The number of carbonyl (C=O) groups is 1. The molecule has 0 fully saturated rings. The smallest absolute Gasteiger partial charge is 0.338 e. The van der Waals surface area contributed by atoms with E-state index in [-0.39, 0.29) is 12.6 Å². The van der Waals surface area contributed by atoms with Crippen LogP contribution in [0.5, 0.6) is 0 Å². The van der Waals surface area contributed by atoms with Crippen molar-refractivity contribution in [3.63, 3.8) is 0 Å². The molecular formula is C13H17NO3S. The Hall–Kier alpha value is -1.46. The molecule has 0 aliphatic rings. The minimum atomic E-state index is -0.362. The van der Waals surface area contributed by atoms with E-state index in [1.165, 1.54) is 0 Å². The quantitative estimate of drug-likeness (QED) is 0.463. The summed E-state index contributed by atoms with van der Waals surface area (Å²) >= 11 is 4.83. The monoisotopic (exact) mass is 267 g/mol. The van der Waals surface area contributed by atoms with Gasteiger partial charge in [0.1, 0.15) is 6.61 Å². The summed E-state index contributed by atoms with van der Waals surface area (Å²) in [5, 5.41) is 0. The molecule has 5 heteroatoms. The highest BCUT2D eigenvalue weighted by molar-refractivity contribution is 7.80. The highest BCUT2D eigenvalue weighted by Crippen LogP contribution is 2.07. The zero-order valence-electron chi connectivity index (χ0n) is 10.3. The average molecular weight is 267 g/mol. The van der Waals surface area contributed by atoms with Gasteiger partial charge in [0.25, 0.3) is 0 Å². The van der Waals surface area contributed by atoms with Crippen molar-refractivity contribution in [2.75, 3.05) is 19.8 Å². The molecule has 1 rings (SSSR count). The Morgan fingerprint density at radius 1 is 1.39 bits per heavy atom. The minimum absolute atomic E-state index is 0.256. The van der Waals surface area contributed by atoms with Crippen LogP contribution in [0.15, 0.2) is 24.3 Å². The summed E-state index contributed by atoms with van der Waals surface area (Å²) in [6.07, 6.45) is 0.482. The van der Waals surface area contributed by atoms with E-state index >= 15 is 0 Å². The third-order valence-electron chi connectivity index (χ3n) is 2.21. The maximum atomic E-state index is 11.7. The fourth-order valence-electron chi connectivity index (χ4n) is 1.43. The van der Waals surface area contributed by atoms with Crippen molar-refractivity contribution in [3.8, 4) is 0 Å². The van der Waals surface area contributed by atoms with Gasteiger partial charge in [-0.05, 0) is 24.6 Å². The van der Waals surface area contributed by atoms with Crippen LogP contribution in [-0.2, 0) is 15.9 Å². The van der Waals surface area contributed by atoms with Gasteiger partial charge in [-0.25, -0.2) is 4.79 Å². The summed E-state index contributed by atoms with van der Waals surface area (Å²) in [6.45, 7) is 3.17. The summed E-state index contributed by atoms with van der Waals surface area (Å²) < 4.78 is 10.1. The van der Waals surface area contributed by atoms with Crippen LogP contribution in [0.4, 0.5) is 0 Å². The van der Waals surface area contributed by atoms with Gasteiger partial charge in [-0.3, -0.25) is 0 Å². The molecule has 0 spiro atoms. The topological polar surface area (TPSA) is 61.5 Å². The van der Waals surface area contributed by atoms with Crippen molar-refractivity contribution >= 4 is 23.2 Å². The largest absolute Gasteiger partial charge is 0.460 e. The number of esters is 1. The molecule has 0 saturated carbocycles. The lowest BCUT2D eigenvalue weighted by molar-refractivity contribution is 0.0335. The van der Waals surface area contributed by atoms with Gasteiger partial charge in [-0.2, -0.15) is 0 Å². The number of hydrogen-bond acceptors (Lipinski definition) is 4. The lowest BCUT2D eigenvalue weighted by atomic mass is 10.1. The molecule has 1 aromatic carbocycles. The summed E-state index contributed by atoms with van der Waals surface area (Å²) in [5.74, 6) is -0.362. The average Bonchev–Trinajstić information content (AvgIpc) is 2.34. The fourth-order valence-corrected chi connectivity index (χ4v) is 1.60. The first kappa shape index (κ1) is 14.6. The summed E-state index contributed by atoms with van der Waals surface area (Å²) in [5.41, 5.74) is 6.87. The number of hydrogen-bond donors (Lipinski definition) is 1. The van der Waals surface area contributed by atoms with Crippen LogP contribution < -0.4 is 5.73 Å². The zero-order chi connectivity index (χ0) is 13.4. The second-order valence-corrected chi connectivity index (χ2v) is 4.20. The van der Waals surface area contributed by atoms with Crippen molar-refractivity contribution in [1.82, 2.24) is 0 Å². The SMILES string of the molecule is CCOCCOC(=O)c1cccc(CC(N)=S)c1. The molecule has 0 aromatic heterocycles. The van der Waals surface area contributed by atoms with E-state index in [9.17, 15) is 4.79 Å². The van der Waals surface area contributed by atoms with Gasteiger partial charge in [-0.1, -0.05) is 24.4 Å². The second-order valence-electron chi connectivity index (χ2n) is 3.68. The summed E-state index contributed by atoms with van der Waals surface area (Å²) in [6, 6.07) is 7.09. The van der Waals surface area contributed by atoms with Gasteiger partial charge in [0.05, 0.1) is 17.2 Å². The molecule has 2 N–H and O–H groups in total. The third-order valence-corrected chi connectivity index (χ3v) is 2.35. The molecule has 1 aromatic rings. The molecule has 98 valence electrons. The number of ether oxygens (including phenoxy) is 2. The van der Waals surface area contributed by atoms with Gasteiger partial charge in [0.2, 0.25) is 0 Å². The van der Waals surface area contributed by atoms with Gasteiger partial charge in [-0.15, -0.1) is 0 Å². The van der Waals surface area contributed by atoms with Crippen LogP contribution in [0.3, 0.4) is 0 Å². The molecule has 0 amide bonds. The first-order valence-electron chi connectivity index (χ1n) is 5.75. The lowest BCUT2D eigenvalue weighted by Gasteiger charge is -2.06. The predicted molar refractivity (Wildman–Crippen MR) is 73.7 cm³/mol. The predicted octanol–water partition coefficient (Wildman–Crippen LogP) is 1.71. The summed E-state index contributed by atoms with van der Waals surface area (Å²) in [4.78, 5) is 12.1. The lowest BCUT2D eigenvalue weighted by Crippen LogP contribution is -2.13. The molecule has 0 bridgehead atoms. The Morgan fingerprint density at radius 2 is 2.17 bits per heavy atom. The molecule has 0 atom stereocenters. The standard InChI is InChI=1S/C13H17NO3S/c1-2-16-6-7-17-13(15)11-5-3-4-10(8-11)9-12(14)18/h3-5,8H,2,6-7,9H2,1H3,(H2,14,18). The van der Waals surface area contributed by atoms with E-state index in [1.54, 1.807) is 18.2 Å². The Balaban J connectivity index is 2.54. The Labute approximate surface area is 112 Å². The fraction of sp³-hybridized carbons (Fsp3) is 0.385. The zero-order valence-corrected chi connectivity index (χ0v) is 11.2. The van der Waals surface area contributed by atoms with Crippen molar-refractivity contribution in [1.29, 1.82) is 0 Å². The molecule has 0 aliphatic heterocycles. The highest BCUT2D eigenvalue weighted by atomic mass is 32.1.